The minimum Gasteiger partial charge on any atom is -0.359 e. The van der Waals surface area contributed by atoms with Crippen LogP contribution in [-0.4, -0.2) is 26.1 Å². The highest BCUT2D eigenvalue weighted by molar-refractivity contribution is 6.32. The lowest BCUT2D eigenvalue weighted by Crippen LogP contribution is -2.23. The van der Waals surface area contributed by atoms with E-state index in [-0.39, 0.29) is 18.1 Å². The molecule has 0 radical (unpaired) electrons. The van der Waals surface area contributed by atoms with E-state index in [0.717, 1.165) is 5.56 Å². The number of nitrogens with one attached hydrogen (secondary N) is 1. The van der Waals surface area contributed by atoms with Crippen molar-refractivity contribution < 1.29 is 9.32 Å². The summed E-state index contributed by atoms with van der Waals surface area (Å²) in [5.41, 5.74) is 3.14. The summed E-state index contributed by atoms with van der Waals surface area (Å²) in [5.74, 6) is 0.191. The molecule has 0 bridgehead atoms. The van der Waals surface area contributed by atoms with E-state index in [2.05, 4.69) is 20.8 Å². The molecular weight excluding hydrogens is 378 g/mol. The Labute approximate surface area is 165 Å². The molecule has 0 atom stereocenters. The number of aromatic nitrogens is 4. The summed E-state index contributed by atoms with van der Waals surface area (Å²) < 4.78 is 6.84. The van der Waals surface area contributed by atoms with Crippen LogP contribution in [-0.2, 0) is 6.54 Å². The first-order chi connectivity index (χ1) is 13.6. The summed E-state index contributed by atoms with van der Waals surface area (Å²) in [4.78, 5) is 12.5. The van der Waals surface area contributed by atoms with Crippen LogP contribution in [0.1, 0.15) is 21.9 Å². The van der Waals surface area contributed by atoms with Crippen molar-refractivity contribution in [1.29, 1.82) is 0 Å². The van der Waals surface area contributed by atoms with Crippen molar-refractivity contribution in [3.63, 3.8) is 0 Å². The summed E-state index contributed by atoms with van der Waals surface area (Å²) in [6, 6.07) is 18.7. The standard InChI is InChI=1S/C20H16ClN5O2/c1-13-19(23-25-26(13)18-10-6-5-9-16(18)21)20(27)22-12-15-11-17(24-28-15)14-7-3-2-4-8-14/h2-11H,12H2,1H3,(H,22,27). The average molecular weight is 394 g/mol. The highest BCUT2D eigenvalue weighted by atomic mass is 35.5. The van der Waals surface area contributed by atoms with Crippen LogP contribution in [0.15, 0.2) is 65.2 Å². The molecule has 140 valence electrons. The van der Waals surface area contributed by atoms with Gasteiger partial charge in [0.2, 0.25) is 0 Å². The van der Waals surface area contributed by atoms with Gasteiger partial charge in [0.15, 0.2) is 11.5 Å². The molecule has 0 fully saturated rings. The number of carbonyl (C=O) groups is 1. The molecule has 0 saturated carbocycles. The molecule has 2 aromatic carbocycles. The predicted molar refractivity (Wildman–Crippen MR) is 104 cm³/mol. The second-order valence-electron chi connectivity index (χ2n) is 6.11. The van der Waals surface area contributed by atoms with Crippen molar-refractivity contribution >= 4 is 17.5 Å². The smallest absolute Gasteiger partial charge is 0.274 e. The van der Waals surface area contributed by atoms with Crippen LogP contribution in [0, 0.1) is 6.92 Å². The molecule has 8 heteroatoms. The van der Waals surface area contributed by atoms with Gasteiger partial charge in [-0.3, -0.25) is 4.79 Å². The van der Waals surface area contributed by atoms with Crippen LogP contribution >= 0.6 is 11.6 Å². The lowest BCUT2D eigenvalue weighted by molar-refractivity contribution is 0.0941. The fraction of sp³-hybridized carbons (Fsp3) is 0.100. The average Bonchev–Trinajstić information content (AvgIpc) is 3.34. The third-order valence-electron chi connectivity index (χ3n) is 4.24. The van der Waals surface area contributed by atoms with Crippen molar-refractivity contribution in [2.45, 2.75) is 13.5 Å². The maximum Gasteiger partial charge on any atom is 0.274 e. The zero-order valence-electron chi connectivity index (χ0n) is 15.0. The number of para-hydroxylation sites is 1. The van der Waals surface area contributed by atoms with E-state index in [9.17, 15) is 4.79 Å². The fourth-order valence-electron chi connectivity index (χ4n) is 2.78. The Morgan fingerprint density at radius 1 is 1.14 bits per heavy atom. The largest absolute Gasteiger partial charge is 0.359 e. The third-order valence-corrected chi connectivity index (χ3v) is 4.56. The number of halogens is 1. The molecule has 0 aliphatic heterocycles. The highest BCUT2D eigenvalue weighted by Crippen LogP contribution is 2.21. The summed E-state index contributed by atoms with van der Waals surface area (Å²) in [5, 5.41) is 15.4. The second kappa shape index (κ2) is 7.66. The summed E-state index contributed by atoms with van der Waals surface area (Å²) in [7, 11) is 0. The highest BCUT2D eigenvalue weighted by Gasteiger charge is 2.19. The molecule has 0 aliphatic carbocycles. The molecule has 2 heterocycles. The molecule has 1 N–H and O–H groups in total. The molecule has 2 aromatic heterocycles. The minimum absolute atomic E-state index is 0.192. The Kier molecular flexibility index (Phi) is 4.90. The first kappa shape index (κ1) is 17.9. The molecular formula is C20H16ClN5O2. The summed E-state index contributed by atoms with van der Waals surface area (Å²) in [6.45, 7) is 1.96. The van der Waals surface area contributed by atoms with Gasteiger partial charge in [0, 0.05) is 11.6 Å². The molecule has 0 unspecified atom stereocenters. The molecule has 0 saturated heterocycles. The van der Waals surface area contributed by atoms with Gasteiger partial charge in [0.1, 0.15) is 5.69 Å². The lowest BCUT2D eigenvalue weighted by atomic mass is 10.1. The van der Waals surface area contributed by atoms with Crippen LogP contribution in [0.4, 0.5) is 0 Å². The topological polar surface area (TPSA) is 85.8 Å². The van der Waals surface area contributed by atoms with Crippen LogP contribution in [0.5, 0.6) is 0 Å². The SMILES string of the molecule is Cc1c(C(=O)NCc2cc(-c3ccccc3)no2)nnn1-c1ccccc1Cl. The Hall–Kier alpha value is -3.45. The van der Waals surface area contributed by atoms with Gasteiger partial charge in [-0.1, -0.05) is 64.4 Å². The minimum atomic E-state index is -0.353. The van der Waals surface area contributed by atoms with Crippen LogP contribution in [0.25, 0.3) is 16.9 Å². The van der Waals surface area contributed by atoms with Gasteiger partial charge in [-0.25, -0.2) is 4.68 Å². The fourth-order valence-corrected chi connectivity index (χ4v) is 3.00. The van der Waals surface area contributed by atoms with Gasteiger partial charge in [0.05, 0.1) is 22.9 Å². The number of hydrogen-bond acceptors (Lipinski definition) is 5. The summed E-state index contributed by atoms with van der Waals surface area (Å²) >= 11 is 6.21. The van der Waals surface area contributed by atoms with Crippen molar-refractivity contribution in [3.8, 4) is 16.9 Å². The van der Waals surface area contributed by atoms with Crippen molar-refractivity contribution in [2.24, 2.45) is 0 Å². The molecule has 7 nitrogen and oxygen atoms in total. The van der Waals surface area contributed by atoms with Gasteiger partial charge >= 0.3 is 0 Å². The van der Waals surface area contributed by atoms with Crippen LogP contribution in [0.3, 0.4) is 0 Å². The predicted octanol–water partition coefficient (Wildman–Crippen LogP) is 3.81. The number of hydrogen-bond donors (Lipinski definition) is 1. The van der Waals surface area contributed by atoms with Crippen molar-refractivity contribution in [3.05, 3.63) is 82.8 Å². The number of amides is 1. The van der Waals surface area contributed by atoms with E-state index in [0.29, 0.717) is 27.9 Å². The summed E-state index contributed by atoms with van der Waals surface area (Å²) in [6.07, 6.45) is 0. The number of rotatable bonds is 5. The van der Waals surface area contributed by atoms with E-state index in [4.69, 9.17) is 16.1 Å². The van der Waals surface area contributed by atoms with Gasteiger partial charge in [-0.05, 0) is 19.1 Å². The van der Waals surface area contributed by atoms with Gasteiger partial charge in [0.25, 0.3) is 5.91 Å². The molecule has 1 amide bonds. The monoisotopic (exact) mass is 393 g/mol. The van der Waals surface area contributed by atoms with Crippen molar-refractivity contribution in [1.82, 2.24) is 25.5 Å². The maximum atomic E-state index is 12.5. The second-order valence-corrected chi connectivity index (χ2v) is 6.52. The quantitative estimate of drug-likeness (QED) is 0.557. The third kappa shape index (κ3) is 3.52. The first-order valence-corrected chi connectivity index (χ1v) is 8.97. The molecule has 4 rings (SSSR count). The molecule has 4 aromatic rings. The maximum absolute atomic E-state index is 12.5. The first-order valence-electron chi connectivity index (χ1n) is 8.60. The van der Waals surface area contributed by atoms with Crippen LogP contribution in [0.2, 0.25) is 5.02 Å². The number of benzene rings is 2. The van der Waals surface area contributed by atoms with E-state index >= 15 is 0 Å². The van der Waals surface area contributed by atoms with Crippen LogP contribution < -0.4 is 5.32 Å². The molecule has 28 heavy (non-hydrogen) atoms. The van der Waals surface area contributed by atoms with Gasteiger partial charge in [-0.15, -0.1) is 5.10 Å². The zero-order valence-corrected chi connectivity index (χ0v) is 15.7. The normalized spacial score (nSPS) is 10.8. The van der Waals surface area contributed by atoms with Gasteiger partial charge < -0.3 is 9.84 Å². The van der Waals surface area contributed by atoms with E-state index in [1.54, 1.807) is 23.7 Å². The van der Waals surface area contributed by atoms with E-state index < -0.39 is 0 Å². The number of nitrogens with zero attached hydrogens (tertiary/aromatic N) is 4. The molecule has 0 spiro atoms. The Balaban J connectivity index is 1.47. The molecule has 0 aliphatic rings. The zero-order chi connectivity index (χ0) is 19.5. The van der Waals surface area contributed by atoms with Gasteiger partial charge in [-0.2, -0.15) is 0 Å². The lowest BCUT2D eigenvalue weighted by Gasteiger charge is -2.05. The van der Waals surface area contributed by atoms with Crippen molar-refractivity contribution in [2.75, 3.05) is 0 Å². The van der Waals surface area contributed by atoms with E-state index in [1.807, 2.05) is 48.5 Å². The Bertz CT molecular complexity index is 1120. The van der Waals surface area contributed by atoms with E-state index in [1.165, 1.54) is 0 Å². The number of carbonyl (C=O) groups excluding carboxylic acids is 1. The Morgan fingerprint density at radius 2 is 1.89 bits per heavy atom. The Morgan fingerprint density at radius 3 is 2.68 bits per heavy atom.